The van der Waals surface area contributed by atoms with Crippen molar-refractivity contribution >= 4 is 92.7 Å². The molecule has 8 bridgehead atoms. The van der Waals surface area contributed by atoms with Crippen LogP contribution in [0.1, 0.15) is 156 Å². The van der Waals surface area contributed by atoms with Crippen LogP contribution < -0.4 is 21.3 Å². The van der Waals surface area contributed by atoms with E-state index in [2.05, 4.69) is 151 Å². The Kier molecular flexibility index (Phi) is 14.6. The highest BCUT2D eigenvalue weighted by Crippen LogP contribution is 2.46. The Hall–Kier alpha value is -8.64. The van der Waals surface area contributed by atoms with E-state index in [1.54, 1.807) is 0 Å². The maximum Gasteiger partial charge on any atom is 0.221 e. The highest BCUT2D eigenvalue weighted by Gasteiger charge is 2.28. The van der Waals surface area contributed by atoms with Crippen LogP contribution in [-0.4, -0.2) is 43.6 Å². The number of hydrogen-bond donors (Lipinski definition) is 6. The van der Waals surface area contributed by atoms with Crippen LogP contribution in [0.4, 0.5) is 22.7 Å². The molecule has 80 heavy (non-hydrogen) atoms. The van der Waals surface area contributed by atoms with Gasteiger partial charge in [-0.05, 0) is 128 Å². The summed E-state index contributed by atoms with van der Waals surface area (Å²) < 4.78 is 0. The molecule has 5 heterocycles. The predicted octanol–water partition coefficient (Wildman–Crippen LogP) is 16.3. The molecule has 0 saturated carbocycles. The van der Waals surface area contributed by atoms with Gasteiger partial charge >= 0.3 is 0 Å². The van der Waals surface area contributed by atoms with E-state index in [9.17, 15) is 19.2 Å². The molecule has 0 atom stereocenters. The highest BCUT2D eigenvalue weighted by molar-refractivity contribution is 6.10. The summed E-state index contributed by atoms with van der Waals surface area (Å²) in [6.45, 7) is 32.5. The van der Waals surface area contributed by atoms with E-state index in [-0.39, 0.29) is 45.3 Å². The minimum atomic E-state index is -0.280. The van der Waals surface area contributed by atoms with Crippen molar-refractivity contribution in [3.05, 3.63) is 142 Å². The first-order valence-electron chi connectivity index (χ1n) is 27.3. The van der Waals surface area contributed by atoms with Crippen LogP contribution in [0.3, 0.4) is 0 Å². The van der Waals surface area contributed by atoms with Crippen molar-refractivity contribution in [2.24, 2.45) is 0 Å². The predicted molar refractivity (Wildman–Crippen MR) is 333 cm³/mol. The molecular formula is C68H74N8O4. The lowest BCUT2D eigenvalue weighted by Crippen LogP contribution is -2.16. The van der Waals surface area contributed by atoms with Gasteiger partial charge in [0.25, 0.3) is 0 Å². The Morgan fingerprint density at radius 3 is 0.812 bits per heavy atom. The molecule has 6 N–H and O–H groups in total. The van der Waals surface area contributed by atoms with Gasteiger partial charge in [0.15, 0.2) is 0 Å². The van der Waals surface area contributed by atoms with Crippen LogP contribution in [0.15, 0.2) is 97.1 Å². The molecule has 0 saturated heterocycles. The Bertz CT molecular complexity index is 3560. The number of amides is 4. The smallest absolute Gasteiger partial charge is 0.221 e. The summed E-state index contributed by atoms with van der Waals surface area (Å²) in [5, 5.41) is 12.3. The van der Waals surface area contributed by atoms with Crippen LogP contribution in [0, 0.1) is 0 Å². The van der Waals surface area contributed by atoms with Crippen molar-refractivity contribution in [1.82, 2.24) is 19.9 Å². The molecule has 12 heteroatoms. The first-order chi connectivity index (χ1) is 37.4. The van der Waals surface area contributed by atoms with Gasteiger partial charge < -0.3 is 31.2 Å². The molecule has 3 aromatic heterocycles. The Morgan fingerprint density at radius 2 is 0.575 bits per heavy atom. The highest BCUT2D eigenvalue weighted by atomic mass is 16.2. The number of nitrogens with zero attached hydrogens (tertiary/aromatic N) is 2. The summed E-state index contributed by atoms with van der Waals surface area (Å²) in [5.74, 6) is -1.12. The molecule has 0 aliphatic carbocycles. The Balaban J connectivity index is 1.58. The van der Waals surface area contributed by atoms with E-state index >= 15 is 0 Å². The number of carbonyl (C=O) groups is 4. The normalized spacial score (nSPS) is 12.6. The molecule has 410 valence electrons. The zero-order valence-corrected chi connectivity index (χ0v) is 49.1. The number of anilines is 4. The van der Waals surface area contributed by atoms with Gasteiger partial charge in [0, 0.05) is 83.1 Å². The molecule has 2 aliphatic heterocycles. The van der Waals surface area contributed by atoms with Crippen molar-refractivity contribution in [2.75, 3.05) is 21.3 Å². The minimum absolute atomic E-state index is 0.228. The van der Waals surface area contributed by atoms with Crippen molar-refractivity contribution in [1.29, 1.82) is 0 Å². The van der Waals surface area contributed by atoms with Gasteiger partial charge in [0.1, 0.15) is 0 Å². The second-order valence-corrected chi connectivity index (χ2v) is 25.3. The Labute approximate surface area is 470 Å². The number of fused-ring (bicyclic) bond motifs is 8. The third kappa shape index (κ3) is 11.6. The van der Waals surface area contributed by atoms with Crippen LogP contribution >= 0.6 is 0 Å². The van der Waals surface area contributed by atoms with Crippen molar-refractivity contribution in [3.8, 4) is 44.5 Å². The first kappa shape index (κ1) is 56.1. The standard InChI is InChI=1S/C68H74N8O4/c1-37(77)69-47-19-17-20-48(70-38(2)78)61(47)63-55-27-23-51(73-55)59(41-31-43(65(5,6)7)35-44(32-41)66(8,9)10)53-25-29-57(75-53)64(62-49(71-39(3)79)21-18-22-50(62)72-40(4)80)58-30-26-54(76-58)60(52-24-28-56(63)74-52)42-33-45(67(11,12)13)36-46(34-42)68(14,15)16/h17-36,73,76H,1-16H3,(H,69,77)(H,70,78)(H,71,79)(H,72,80). The molecular weight excluding hydrogens is 993 g/mol. The second kappa shape index (κ2) is 20.9. The van der Waals surface area contributed by atoms with E-state index in [4.69, 9.17) is 9.97 Å². The van der Waals surface area contributed by atoms with Crippen molar-refractivity contribution in [2.45, 2.75) is 132 Å². The van der Waals surface area contributed by atoms with E-state index in [1.807, 2.05) is 85.0 Å². The fraction of sp³-hybridized carbons (Fsp3) is 0.294. The summed E-state index contributed by atoms with van der Waals surface area (Å²) >= 11 is 0. The van der Waals surface area contributed by atoms with Gasteiger partial charge in [-0.25, -0.2) is 9.97 Å². The third-order valence-electron chi connectivity index (χ3n) is 14.5. The molecule has 9 rings (SSSR count). The second-order valence-electron chi connectivity index (χ2n) is 25.3. The van der Waals surface area contributed by atoms with Crippen LogP contribution in [0.25, 0.3) is 90.9 Å². The summed E-state index contributed by atoms with van der Waals surface area (Å²) in [7, 11) is 0. The van der Waals surface area contributed by atoms with Crippen LogP contribution in [-0.2, 0) is 40.8 Å². The van der Waals surface area contributed by atoms with Crippen LogP contribution in [0.2, 0.25) is 0 Å². The number of nitrogens with one attached hydrogen (secondary N) is 6. The van der Waals surface area contributed by atoms with Gasteiger partial charge in [-0.2, -0.15) is 0 Å². The molecule has 2 aliphatic rings. The Morgan fingerprint density at radius 1 is 0.338 bits per heavy atom. The van der Waals surface area contributed by atoms with Gasteiger partial charge in [0.2, 0.25) is 23.6 Å². The molecule has 12 nitrogen and oxygen atoms in total. The summed E-state index contributed by atoms with van der Waals surface area (Å²) in [6, 6.07) is 32.7. The fourth-order valence-electron chi connectivity index (χ4n) is 10.4. The van der Waals surface area contributed by atoms with E-state index in [0.29, 0.717) is 78.8 Å². The fourth-order valence-corrected chi connectivity index (χ4v) is 10.4. The summed E-state index contributed by atoms with van der Waals surface area (Å²) in [4.78, 5) is 71.5. The maximum absolute atomic E-state index is 13.1. The molecule has 4 amide bonds. The minimum Gasteiger partial charge on any atom is -0.354 e. The molecule has 0 radical (unpaired) electrons. The van der Waals surface area contributed by atoms with Crippen molar-refractivity contribution in [3.63, 3.8) is 0 Å². The number of rotatable bonds is 8. The number of benzene rings is 4. The van der Waals surface area contributed by atoms with Gasteiger partial charge in [-0.3, -0.25) is 19.2 Å². The molecule has 0 fully saturated rings. The van der Waals surface area contributed by atoms with Gasteiger partial charge in [0.05, 0.1) is 45.5 Å². The SMILES string of the molecule is CC(=O)Nc1cccc(NC(C)=O)c1-c1c2nc(c(-c3cc(C(C)(C)C)cc(C(C)(C)C)c3)c3ccc([nH]3)c(-c3c(NC(C)=O)cccc3NC(C)=O)c3nc(c(-c4cc(C(C)(C)C)cc(C(C)(C)C)c4)c4ccc1[nH]4)C=C3)C=C2. The lowest BCUT2D eigenvalue weighted by molar-refractivity contribution is -0.115. The van der Waals surface area contributed by atoms with Crippen LogP contribution in [0.5, 0.6) is 0 Å². The molecule has 0 spiro atoms. The number of H-pyrrole nitrogens is 2. The largest absolute Gasteiger partial charge is 0.354 e. The van der Waals surface area contributed by atoms with E-state index in [1.165, 1.54) is 27.7 Å². The average Bonchev–Trinajstić information content (AvgIpc) is 4.28. The third-order valence-corrected chi connectivity index (χ3v) is 14.5. The zero-order chi connectivity index (χ0) is 58.0. The summed E-state index contributed by atoms with van der Waals surface area (Å²) in [6.07, 6.45) is 8.03. The van der Waals surface area contributed by atoms with Gasteiger partial charge in [-0.1, -0.05) is 132 Å². The lowest BCUT2D eigenvalue weighted by Gasteiger charge is -2.26. The molecule has 4 aromatic carbocycles. The number of aromatic amines is 2. The van der Waals surface area contributed by atoms with Crippen molar-refractivity contribution < 1.29 is 19.2 Å². The first-order valence-corrected chi connectivity index (χ1v) is 27.3. The van der Waals surface area contributed by atoms with E-state index < -0.39 is 0 Å². The zero-order valence-electron chi connectivity index (χ0n) is 49.1. The average molecular weight is 1070 g/mol. The monoisotopic (exact) mass is 1070 g/mol. The lowest BCUT2D eigenvalue weighted by atomic mass is 9.78. The molecule has 7 aromatic rings. The summed E-state index contributed by atoms with van der Waals surface area (Å²) in [5.41, 5.74) is 16.8. The quantitative estimate of drug-likeness (QED) is 0.0883. The maximum atomic E-state index is 13.1. The topological polar surface area (TPSA) is 174 Å². The number of aromatic nitrogens is 4. The number of carbonyl (C=O) groups excluding carboxylic acids is 4. The number of hydrogen-bond acceptors (Lipinski definition) is 6. The molecule has 0 unspecified atom stereocenters. The van der Waals surface area contributed by atoms with E-state index in [0.717, 1.165) is 55.5 Å². The van der Waals surface area contributed by atoms with Gasteiger partial charge in [-0.15, -0.1) is 0 Å².